The molecule has 0 amide bonds. The van der Waals surface area contributed by atoms with Crippen LogP contribution in [0.15, 0.2) is 84.6 Å². The fourth-order valence-corrected chi connectivity index (χ4v) is 11.0. The van der Waals surface area contributed by atoms with Crippen LogP contribution >= 0.6 is 0 Å². The zero-order valence-electron chi connectivity index (χ0n) is 32.0. The van der Waals surface area contributed by atoms with E-state index in [-0.39, 0.29) is 16.2 Å². The average molecular weight is 697 g/mol. The molecule has 5 heteroatoms. The van der Waals surface area contributed by atoms with Gasteiger partial charge in [0.2, 0.25) is 0 Å². The van der Waals surface area contributed by atoms with Gasteiger partial charge >= 0.3 is 0 Å². The molecule has 0 bridgehead atoms. The van der Waals surface area contributed by atoms with Gasteiger partial charge in [0.1, 0.15) is 29.1 Å². The number of aliphatic hydroxyl groups excluding tert-OH is 1. The Labute approximate surface area is 309 Å². The Hall–Kier alpha value is -4.48. The molecular weight excluding hydrogens is 645 g/mol. The second-order valence-corrected chi connectivity index (χ2v) is 17.0. The van der Waals surface area contributed by atoms with E-state index in [1.165, 1.54) is 22.3 Å². The molecule has 0 saturated heterocycles. The van der Waals surface area contributed by atoms with E-state index >= 15 is 0 Å². The third kappa shape index (κ3) is 5.14. The molecule has 52 heavy (non-hydrogen) atoms. The minimum atomic E-state index is -0.937. The van der Waals surface area contributed by atoms with Gasteiger partial charge in [-0.25, -0.2) is 0 Å². The van der Waals surface area contributed by atoms with Crippen molar-refractivity contribution in [2.45, 2.75) is 90.3 Å². The fourth-order valence-electron chi connectivity index (χ4n) is 11.0. The number of hydrogen-bond donors (Lipinski definition) is 1. The number of ether oxygens (including phenoxy) is 4. The van der Waals surface area contributed by atoms with Gasteiger partial charge < -0.3 is 24.1 Å². The molecule has 0 aromatic heterocycles. The molecule has 1 unspecified atom stereocenters. The standard InChI is InChI=1S/C47H52O5/c1-9-12-34-39-36(25-38(51-8)42(34)48)43-35(41-40(39)33-13-10-11-14-37(33)46(41)27-44(2,3)26-45(4,5)28-46)23-24-47(52-43,29-15-19-31(49-6)20-16-29)30-17-21-32(50-7)22-18-30/h10-11,13-24,38,48H,9,12,25-28H2,1-8H3. The molecule has 1 fully saturated rings. The minimum absolute atomic E-state index is 0.111. The Kier molecular flexibility index (Phi) is 8.18. The highest BCUT2D eigenvalue weighted by molar-refractivity contribution is 5.98. The molecule has 4 aliphatic rings. The lowest BCUT2D eigenvalue weighted by atomic mass is 9.52. The topological polar surface area (TPSA) is 57.2 Å². The van der Waals surface area contributed by atoms with Gasteiger partial charge in [-0.15, -0.1) is 0 Å². The Morgan fingerprint density at radius 3 is 1.92 bits per heavy atom. The molecule has 8 rings (SSSR count). The van der Waals surface area contributed by atoms with Crippen molar-refractivity contribution in [3.8, 4) is 28.4 Å². The number of fused-ring (bicyclic) bond motifs is 10. The summed E-state index contributed by atoms with van der Waals surface area (Å²) in [6.07, 6.45) is 9.55. The monoisotopic (exact) mass is 696 g/mol. The molecule has 1 aliphatic heterocycles. The first-order valence-corrected chi connectivity index (χ1v) is 18.9. The van der Waals surface area contributed by atoms with Gasteiger partial charge in [-0.1, -0.05) is 95.6 Å². The number of rotatable bonds is 7. The minimum Gasteiger partial charge on any atom is -0.509 e. The zero-order chi connectivity index (χ0) is 36.6. The Morgan fingerprint density at radius 2 is 1.37 bits per heavy atom. The molecule has 3 aliphatic carbocycles. The Morgan fingerprint density at radius 1 is 0.769 bits per heavy atom. The molecule has 1 saturated carbocycles. The molecule has 4 aromatic rings. The van der Waals surface area contributed by atoms with E-state index in [1.807, 2.05) is 24.3 Å². The van der Waals surface area contributed by atoms with Crippen LogP contribution in [0.3, 0.4) is 0 Å². The summed E-state index contributed by atoms with van der Waals surface area (Å²) in [7, 11) is 5.09. The van der Waals surface area contributed by atoms with E-state index in [4.69, 9.17) is 18.9 Å². The van der Waals surface area contributed by atoms with Gasteiger partial charge in [-0.2, -0.15) is 0 Å². The van der Waals surface area contributed by atoms with Gasteiger partial charge in [0, 0.05) is 46.8 Å². The van der Waals surface area contributed by atoms with Crippen LogP contribution in [0.4, 0.5) is 0 Å². The average Bonchev–Trinajstić information content (AvgIpc) is 3.39. The maximum atomic E-state index is 12.0. The molecule has 0 radical (unpaired) electrons. The summed E-state index contributed by atoms with van der Waals surface area (Å²) in [6.45, 7) is 12.0. The highest BCUT2D eigenvalue weighted by Gasteiger charge is 2.56. The SMILES string of the molecule is CCCC1=C(O)C(OC)Cc2c3c(c4c(c21)-c1ccccc1C41CC(C)(C)CC(C)(C)C1)C=CC(c1ccc(OC)cc1)(c1ccc(OC)cc1)O3. The Balaban J connectivity index is 1.49. The summed E-state index contributed by atoms with van der Waals surface area (Å²) < 4.78 is 24.9. The van der Waals surface area contributed by atoms with Crippen molar-refractivity contribution in [3.63, 3.8) is 0 Å². The molecule has 270 valence electrons. The molecular formula is C47H52O5. The lowest BCUT2D eigenvalue weighted by molar-refractivity contribution is 0.0640. The maximum absolute atomic E-state index is 12.0. The van der Waals surface area contributed by atoms with Crippen LogP contribution in [0.5, 0.6) is 17.2 Å². The first-order chi connectivity index (χ1) is 24.9. The normalized spacial score (nSPS) is 21.1. The van der Waals surface area contributed by atoms with E-state index in [0.717, 1.165) is 82.7 Å². The molecule has 1 spiro atoms. The summed E-state index contributed by atoms with van der Waals surface area (Å²) in [5, 5.41) is 12.0. The number of allylic oxidation sites excluding steroid dienone is 1. The summed E-state index contributed by atoms with van der Waals surface area (Å²) in [5.41, 5.74) is 10.8. The Bertz CT molecular complexity index is 2030. The van der Waals surface area contributed by atoms with Crippen LogP contribution in [0.1, 0.15) is 106 Å². The predicted octanol–water partition coefficient (Wildman–Crippen LogP) is 11.2. The van der Waals surface area contributed by atoms with Crippen LogP contribution in [-0.2, 0) is 22.2 Å². The molecule has 4 aromatic carbocycles. The van der Waals surface area contributed by atoms with Crippen LogP contribution in [0.25, 0.3) is 22.8 Å². The van der Waals surface area contributed by atoms with Crippen LogP contribution in [-0.4, -0.2) is 32.5 Å². The quantitative estimate of drug-likeness (QED) is 0.208. The van der Waals surface area contributed by atoms with Crippen LogP contribution in [0.2, 0.25) is 0 Å². The van der Waals surface area contributed by atoms with Crippen molar-refractivity contribution in [2.75, 3.05) is 21.3 Å². The van der Waals surface area contributed by atoms with Gasteiger partial charge in [0.05, 0.1) is 14.2 Å². The third-order valence-corrected chi connectivity index (χ3v) is 12.2. The second-order valence-electron chi connectivity index (χ2n) is 17.0. The van der Waals surface area contributed by atoms with Crippen molar-refractivity contribution in [3.05, 3.63) is 124 Å². The first-order valence-electron chi connectivity index (χ1n) is 18.9. The van der Waals surface area contributed by atoms with Crippen molar-refractivity contribution in [1.29, 1.82) is 0 Å². The van der Waals surface area contributed by atoms with E-state index in [9.17, 15) is 5.11 Å². The fraction of sp³-hybridized carbons (Fsp3) is 0.404. The number of methoxy groups -OCH3 is 3. The molecule has 5 nitrogen and oxygen atoms in total. The van der Waals surface area contributed by atoms with Gasteiger partial charge in [0.25, 0.3) is 0 Å². The van der Waals surface area contributed by atoms with E-state index < -0.39 is 11.7 Å². The molecule has 1 N–H and O–H groups in total. The second kappa shape index (κ2) is 12.3. The highest BCUT2D eigenvalue weighted by Crippen LogP contribution is 2.67. The third-order valence-electron chi connectivity index (χ3n) is 12.2. The van der Waals surface area contributed by atoms with E-state index in [1.54, 1.807) is 21.3 Å². The lowest BCUT2D eigenvalue weighted by Crippen LogP contribution is -2.44. The van der Waals surface area contributed by atoms with Crippen molar-refractivity contribution >= 4 is 11.6 Å². The van der Waals surface area contributed by atoms with Gasteiger partial charge in [-0.3, -0.25) is 0 Å². The molecule has 1 heterocycles. The number of benzene rings is 4. The van der Waals surface area contributed by atoms with E-state index in [0.29, 0.717) is 12.2 Å². The summed E-state index contributed by atoms with van der Waals surface area (Å²) in [4.78, 5) is 0. The highest BCUT2D eigenvalue weighted by atomic mass is 16.5. The summed E-state index contributed by atoms with van der Waals surface area (Å²) in [6, 6.07) is 25.5. The van der Waals surface area contributed by atoms with Crippen molar-refractivity contribution in [1.82, 2.24) is 0 Å². The van der Waals surface area contributed by atoms with E-state index in [2.05, 4.69) is 95.3 Å². The predicted molar refractivity (Wildman–Crippen MR) is 209 cm³/mol. The smallest absolute Gasteiger partial charge is 0.178 e. The summed E-state index contributed by atoms with van der Waals surface area (Å²) >= 11 is 0. The largest absolute Gasteiger partial charge is 0.509 e. The van der Waals surface area contributed by atoms with Gasteiger partial charge in [-0.05, 0) is 94.7 Å². The van der Waals surface area contributed by atoms with Crippen LogP contribution < -0.4 is 14.2 Å². The number of aliphatic hydroxyl groups is 1. The lowest BCUT2D eigenvalue weighted by Gasteiger charge is -2.52. The molecule has 1 atom stereocenters. The zero-order valence-corrected chi connectivity index (χ0v) is 32.0. The van der Waals surface area contributed by atoms with Crippen LogP contribution in [0, 0.1) is 10.8 Å². The summed E-state index contributed by atoms with van der Waals surface area (Å²) in [5.74, 6) is 2.82. The first kappa shape index (κ1) is 34.6. The van der Waals surface area contributed by atoms with Crippen molar-refractivity contribution < 1.29 is 24.1 Å². The number of hydrogen-bond acceptors (Lipinski definition) is 5. The van der Waals surface area contributed by atoms with Gasteiger partial charge in [0.15, 0.2) is 5.60 Å². The maximum Gasteiger partial charge on any atom is 0.178 e. The van der Waals surface area contributed by atoms with Crippen molar-refractivity contribution in [2.24, 2.45) is 10.8 Å².